The van der Waals surface area contributed by atoms with Gasteiger partial charge in [-0.25, -0.2) is 0 Å². The lowest BCUT2D eigenvalue weighted by Gasteiger charge is -2.02. The van der Waals surface area contributed by atoms with Crippen molar-refractivity contribution in [1.29, 1.82) is 0 Å². The van der Waals surface area contributed by atoms with Crippen LogP contribution in [0.3, 0.4) is 0 Å². The fourth-order valence-electron chi connectivity index (χ4n) is 1.96. The maximum atomic E-state index is 11.8. The molecule has 0 bridgehead atoms. The van der Waals surface area contributed by atoms with E-state index in [0.29, 0.717) is 17.5 Å². The summed E-state index contributed by atoms with van der Waals surface area (Å²) < 4.78 is 0. The molecule has 0 fully saturated rings. The van der Waals surface area contributed by atoms with Crippen LogP contribution in [0.2, 0.25) is 0 Å². The summed E-state index contributed by atoms with van der Waals surface area (Å²) in [5, 5.41) is 0. The predicted molar refractivity (Wildman–Crippen MR) is 74.2 cm³/mol. The lowest BCUT2D eigenvalue weighted by atomic mass is 10.0. The van der Waals surface area contributed by atoms with Crippen molar-refractivity contribution in [2.24, 2.45) is 0 Å². The second-order valence-electron chi connectivity index (χ2n) is 4.68. The summed E-state index contributed by atoms with van der Waals surface area (Å²) >= 11 is 0. The fourth-order valence-corrected chi connectivity index (χ4v) is 1.96. The zero-order valence-corrected chi connectivity index (χ0v) is 11.2. The Kier molecular flexibility index (Phi) is 7.00. The number of hydrogen-bond acceptors (Lipinski definition) is 2. The van der Waals surface area contributed by atoms with Gasteiger partial charge < -0.3 is 0 Å². The maximum Gasteiger partial charge on any atom is 0.162 e. The fraction of sp³-hybridized carbons (Fsp3) is 0.500. The minimum absolute atomic E-state index is 0.183. The van der Waals surface area contributed by atoms with E-state index in [4.69, 9.17) is 0 Å². The van der Waals surface area contributed by atoms with Gasteiger partial charge in [0, 0.05) is 17.5 Å². The van der Waals surface area contributed by atoms with Gasteiger partial charge in [0.15, 0.2) is 5.78 Å². The molecule has 0 aromatic heterocycles. The van der Waals surface area contributed by atoms with Crippen molar-refractivity contribution < 1.29 is 9.59 Å². The molecular weight excluding hydrogens is 224 g/mol. The van der Waals surface area contributed by atoms with E-state index in [9.17, 15) is 9.59 Å². The molecule has 18 heavy (non-hydrogen) atoms. The molecule has 2 heteroatoms. The first-order valence-electron chi connectivity index (χ1n) is 6.86. The van der Waals surface area contributed by atoms with Crippen LogP contribution in [0.5, 0.6) is 0 Å². The van der Waals surface area contributed by atoms with E-state index in [1.807, 2.05) is 0 Å². The van der Waals surface area contributed by atoms with Gasteiger partial charge in [-0.1, -0.05) is 63.3 Å². The summed E-state index contributed by atoms with van der Waals surface area (Å²) in [6.07, 6.45) is 8.57. The molecule has 1 aromatic rings. The van der Waals surface area contributed by atoms with E-state index in [1.165, 1.54) is 25.7 Å². The Morgan fingerprint density at radius 1 is 1.00 bits per heavy atom. The molecule has 0 heterocycles. The summed E-state index contributed by atoms with van der Waals surface area (Å²) in [5.41, 5.74) is 1.33. The Labute approximate surface area is 109 Å². The Hall–Kier alpha value is -1.44. The van der Waals surface area contributed by atoms with Gasteiger partial charge in [0.05, 0.1) is 0 Å². The van der Waals surface area contributed by atoms with Crippen molar-refractivity contribution >= 4 is 12.1 Å². The van der Waals surface area contributed by atoms with Crippen molar-refractivity contribution in [1.82, 2.24) is 0 Å². The monoisotopic (exact) mass is 246 g/mol. The Morgan fingerprint density at radius 3 is 2.22 bits per heavy atom. The van der Waals surface area contributed by atoms with E-state index in [2.05, 4.69) is 6.92 Å². The molecule has 0 N–H and O–H groups in total. The van der Waals surface area contributed by atoms with Crippen molar-refractivity contribution in [2.45, 2.75) is 51.9 Å². The van der Waals surface area contributed by atoms with Gasteiger partial charge in [-0.15, -0.1) is 0 Å². The van der Waals surface area contributed by atoms with Crippen molar-refractivity contribution in [2.75, 3.05) is 0 Å². The molecular formula is C16H22O2. The number of Topliss-reactive ketones (excluding diaryl/α,β-unsaturated/α-hetero) is 1. The molecule has 1 aromatic carbocycles. The van der Waals surface area contributed by atoms with Gasteiger partial charge in [0.1, 0.15) is 6.29 Å². The van der Waals surface area contributed by atoms with E-state index in [1.54, 1.807) is 24.3 Å². The smallest absolute Gasteiger partial charge is 0.162 e. The number of benzene rings is 1. The van der Waals surface area contributed by atoms with Crippen LogP contribution >= 0.6 is 0 Å². The van der Waals surface area contributed by atoms with Crippen molar-refractivity contribution in [3.63, 3.8) is 0 Å². The minimum Gasteiger partial charge on any atom is -0.298 e. The van der Waals surface area contributed by atoms with Crippen LogP contribution in [0.4, 0.5) is 0 Å². The lowest BCUT2D eigenvalue weighted by Crippen LogP contribution is -1.99. The molecule has 0 aliphatic carbocycles. The van der Waals surface area contributed by atoms with Crippen LogP contribution in [0.15, 0.2) is 24.3 Å². The number of unbranched alkanes of at least 4 members (excludes halogenated alkanes) is 5. The highest BCUT2D eigenvalue weighted by Gasteiger charge is 2.05. The summed E-state index contributed by atoms with van der Waals surface area (Å²) in [5.74, 6) is 0.183. The van der Waals surface area contributed by atoms with Crippen LogP contribution in [0.25, 0.3) is 0 Å². The first-order chi connectivity index (χ1) is 8.77. The van der Waals surface area contributed by atoms with Gasteiger partial charge >= 0.3 is 0 Å². The number of hydrogen-bond donors (Lipinski definition) is 0. The van der Waals surface area contributed by atoms with E-state index in [-0.39, 0.29) is 5.78 Å². The van der Waals surface area contributed by atoms with Gasteiger partial charge in [-0.05, 0) is 6.42 Å². The molecule has 0 spiro atoms. The molecule has 0 saturated carbocycles. The minimum atomic E-state index is 0.183. The summed E-state index contributed by atoms with van der Waals surface area (Å²) in [6.45, 7) is 2.20. The lowest BCUT2D eigenvalue weighted by molar-refractivity contribution is 0.0978. The molecule has 0 aliphatic heterocycles. The van der Waals surface area contributed by atoms with Crippen LogP contribution in [0, 0.1) is 0 Å². The van der Waals surface area contributed by atoms with Crippen LogP contribution < -0.4 is 0 Å². The quantitative estimate of drug-likeness (QED) is 0.367. The van der Waals surface area contributed by atoms with Gasteiger partial charge in [0.2, 0.25) is 0 Å². The normalized spacial score (nSPS) is 10.3. The van der Waals surface area contributed by atoms with Crippen LogP contribution in [0.1, 0.15) is 72.6 Å². The highest BCUT2D eigenvalue weighted by molar-refractivity contribution is 5.96. The number of aldehydes is 1. The third-order valence-corrected chi connectivity index (χ3v) is 3.13. The second kappa shape index (κ2) is 8.62. The Bertz CT molecular complexity index is 365. The highest BCUT2D eigenvalue weighted by atomic mass is 16.1. The van der Waals surface area contributed by atoms with Crippen molar-refractivity contribution in [3.8, 4) is 0 Å². The van der Waals surface area contributed by atoms with E-state index < -0.39 is 0 Å². The number of ketones is 1. The molecule has 98 valence electrons. The molecule has 2 nitrogen and oxygen atoms in total. The molecule has 0 atom stereocenters. The van der Waals surface area contributed by atoms with Gasteiger partial charge in [-0.2, -0.15) is 0 Å². The summed E-state index contributed by atoms with van der Waals surface area (Å²) in [6, 6.07) is 6.87. The zero-order valence-electron chi connectivity index (χ0n) is 11.2. The third kappa shape index (κ3) is 5.26. The van der Waals surface area contributed by atoms with Crippen molar-refractivity contribution in [3.05, 3.63) is 35.4 Å². The second-order valence-corrected chi connectivity index (χ2v) is 4.68. The topological polar surface area (TPSA) is 34.1 Å². The van der Waals surface area contributed by atoms with Gasteiger partial charge in [-0.3, -0.25) is 9.59 Å². The predicted octanol–water partition coefficient (Wildman–Crippen LogP) is 4.43. The van der Waals surface area contributed by atoms with Crippen LogP contribution in [-0.2, 0) is 0 Å². The highest BCUT2D eigenvalue weighted by Crippen LogP contribution is 2.11. The maximum absolute atomic E-state index is 11.8. The number of rotatable bonds is 9. The Morgan fingerprint density at radius 2 is 1.61 bits per heavy atom. The first kappa shape index (κ1) is 14.6. The molecule has 0 amide bonds. The largest absolute Gasteiger partial charge is 0.298 e. The first-order valence-corrected chi connectivity index (χ1v) is 6.86. The molecule has 1 rings (SSSR count). The number of carbonyl (C=O) groups is 2. The molecule has 0 saturated heterocycles. The zero-order chi connectivity index (χ0) is 13.2. The van der Waals surface area contributed by atoms with E-state index >= 15 is 0 Å². The third-order valence-electron chi connectivity index (χ3n) is 3.13. The average Bonchev–Trinajstić information content (AvgIpc) is 2.42. The summed E-state index contributed by atoms with van der Waals surface area (Å²) in [4.78, 5) is 22.3. The van der Waals surface area contributed by atoms with E-state index in [0.717, 1.165) is 19.1 Å². The standard InChI is InChI=1S/C16H22O2/c1-2-3-4-5-6-7-8-16(18)15-11-9-14(13-17)10-12-15/h9-13H,2-8H2,1H3. The molecule has 0 aliphatic rings. The summed E-state index contributed by atoms with van der Waals surface area (Å²) in [7, 11) is 0. The molecule has 0 radical (unpaired) electrons. The Balaban J connectivity index is 2.25. The number of carbonyl (C=O) groups excluding carboxylic acids is 2. The SMILES string of the molecule is CCCCCCCCC(=O)c1ccc(C=O)cc1. The van der Waals surface area contributed by atoms with Crippen LogP contribution in [-0.4, -0.2) is 12.1 Å². The average molecular weight is 246 g/mol. The molecule has 0 unspecified atom stereocenters. The van der Waals surface area contributed by atoms with Gasteiger partial charge in [0.25, 0.3) is 0 Å².